The molecule has 2 unspecified atom stereocenters. The van der Waals surface area contributed by atoms with Crippen LogP contribution < -0.4 is 15.0 Å². The summed E-state index contributed by atoms with van der Waals surface area (Å²) in [7, 11) is 1.35. The molecular formula is C24H27Cl2N3O4. The van der Waals surface area contributed by atoms with Crippen LogP contribution in [-0.2, 0) is 9.53 Å². The Bertz CT molecular complexity index is 1030. The molecule has 1 amide bonds. The van der Waals surface area contributed by atoms with Gasteiger partial charge in [-0.2, -0.15) is 0 Å². The number of fused-ring (bicyclic) bond motifs is 2. The Hall–Kier alpha value is -2.51. The maximum absolute atomic E-state index is 13.1. The number of nitrogens with zero attached hydrogens (tertiary/aromatic N) is 2. The molecule has 2 saturated heterocycles. The van der Waals surface area contributed by atoms with Crippen LogP contribution >= 0.6 is 23.2 Å². The van der Waals surface area contributed by atoms with E-state index >= 15 is 0 Å². The van der Waals surface area contributed by atoms with Crippen molar-refractivity contribution in [2.45, 2.75) is 63.3 Å². The Balaban J connectivity index is 1.39. The minimum Gasteiger partial charge on any atom is -0.476 e. The third-order valence-corrected chi connectivity index (χ3v) is 6.84. The van der Waals surface area contributed by atoms with Gasteiger partial charge in [0.25, 0.3) is 5.91 Å². The summed E-state index contributed by atoms with van der Waals surface area (Å²) >= 11 is 12.2. The van der Waals surface area contributed by atoms with Gasteiger partial charge < -0.3 is 19.7 Å². The van der Waals surface area contributed by atoms with Crippen molar-refractivity contribution < 1.29 is 19.1 Å². The second kappa shape index (κ2) is 9.39. The van der Waals surface area contributed by atoms with Crippen molar-refractivity contribution in [1.82, 2.24) is 10.3 Å². The Morgan fingerprint density at radius 3 is 2.39 bits per heavy atom. The maximum Gasteiger partial charge on any atom is 0.339 e. The number of anilines is 1. The first-order valence-corrected chi connectivity index (χ1v) is 11.7. The number of nitrogens with one attached hydrogen (secondary N) is 1. The number of methoxy groups -OCH3 is 1. The van der Waals surface area contributed by atoms with Gasteiger partial charge in [-0.1, -0.05) is 23.2 Å². The van der Waals surface area contributed by atoms with Crippen molar-refractivity contribution in [2.75, 3.05) is 12.0 Å². The second-order valence-electron chi connectivity index (χ2n) is 9.02. The number of piperidine rings is 1. The summed E-state index contributed by atoms with van der Waals surface area (Å²) in [5.74, 6) is 0.675. The minimum absolute atomic E-state index is 0.0455. The third-order valence-electron chi connectivity index (χ3n) is 6.31. The average Bonchev–Trinajstić information content (AvgIpc) is 3.05. The fourth-order valence-corrected chi connectivity index (χ4v) is 5.13. The van der Waals surface area contributed by atoms with Crippen LogP contribution in [0.3, 0.4) is 0 Å². The fourth-order valence-electron chi connectivity index (χ4n) is 4.68. The molecule has 2 fully saturated rings. The molecule has 2 aliphatic rings. The molecule has 0 radical (unpaired) electrons. The molecule has 9 heteroatoms. The van der Waals surface area contributed by atoms with Crippen LogP contribution in [-0.4, -0.2) is 47.7 Å². The van der Waals surface area contributed by atoms with E-state index in [0.29, 0.717) is 21.4 Å². The zero-order valence-electron chi connectivity index (χ0n) is 18.8. The molecule has 1 N–H and O–H groups in total. The standard InChI is InChI=1S/C24H27Cl2N3O4/c1-24(2,33-20-8-5-15(25)10-19(20)26)23(31)28-16-11-17-6-7-18(12-16)29(17)21-9-4-14(13-27-21)22(30)32-3/h4-5,8-10,13,16-18H,6-7,11-12H2,1-3H3,(H,28,31). The molecule has 1 aromatic carbocycles. The Kier molecular flexibility index (Phi) is 6.73. The van der Waals surface area contributed by atoms with E-state index in [-0.39, 0.29) is 24.0 Å². The van der Waals surface area contributed by atoms with Gasteiger partial charge in [-0.3, -0.25) is 4.79 Å². The van der Waals surface area contributed by atoms with Gasteiger partial charge in [0.15, 0.2) is 5.60 Å². The molecule has 3 heterocycles. The topological polar surface area (TPSA) is 80.8 Å². The lowest BCUT2D eigenvalue weighted by molar-refractivity contribution is -0.135. The Labute approximate surface area is 203 Å². The smallest absolute Gasteiger partial charge is 0.339 e. The average molecular weight is 492 g/mol. The van der Waals surface area contributed by atoms with Gasteiger partial charge >= 0.3 is 5.97 Å². The van der Waals surface area contributed by atoms with E-state index in [1.54, 1.807) is 44.3 Å². The molecule has 2 atom stereocenters. The van der Waals surface area contributed by atoms with Crippen molar-refractivity contribution in [3.05, 3.63) is 52.1 Å². The van der Waals surface area contributed by atoms with E-state index in [0.717, 1.165) is 31.5 Å². The Morgan fingerprint density at radius 2 is 1.82 bits per heavy atom. The highest BCUT2D eigenvalue weighted by molar-refractivity contribution is 6.35. The molecular weight excluding hydrogens is 465 g/mol. The fraction of sp³-hybridized carbons (Fsp3) is 0.458. The minimum atomic E-state index is -1.10. The zero-order valence-corrected chi connectivity index (χ0v) is 20.3. The highest BCUT2D eigenvalue weighted by Crippen LogP contribution is 2.39. The van der Waals surface area contributed by atoms with Gasteiger partial charge in [-0.25, -0.2) is 9.78 Å². The van der Waals surface area contributed by atoms with Crippen LogP contribution in [0.5, 0.6) is 5.75 Å². The third kappa shape index (κ3) is 5.04. The number of hydrogen-bond acceptors (Lipinski definition) is 6. The molecule has 0 spiro atoms. The largest absolute Gasteiger partial charge is 0.476 e. The predicted octanol–water partition coefficient (Wildman–Crippen LogP) is 4.65. The molecule has 2 bridgehead atoms. The molecule has 1 aromatic heterocycles. The number of carbonyl (C=O) groups is 2. The summed E-state index contributed by atoms with van der Waals surface area (Å²) in [5.41, 5.74) is -0.669. The summed E-state index contributed by atoms with van der Waals surface area (Å²) in [5, 5.41) is 4.04. The molecule has 0 aliphatic carbocycles. The predicted molar refractivity (Wildman–Crippen MR) is 127 cm³/mol. The number of halogens is 2. The van der Waals surface area contributed by atoms with Crippen LogP contribution in [0.1, 0.15) is 49.9 Å². The van der Waals surface area contributed by atoms with Crippen molar-refractivity contribution in [2.24, 2.45) is 0 Å². The molecule has 176 valence electrons. The SMILES string of the molecule is COC(=O)c1ccc(N2C3CCC2CC(NC(=O)C(C)(C)Oc2ccc(Cl)cc2Cl)C3)nc1. The molecule has 33 heavy (non-hydrogen) atoms. The lowest BCUT2D eigenvalue weighted by atomic mass is 9.96. The van der Waals surface area contributed by atoms with E-state index in [2.05, 4.69) is 15.2 Å². The molecule has 2 aliphatic heterocycles. The highest BCUT2D eigenvalue weighted by Gasteiger charge is 2.43. The highest BCUT2D eigenvalue weighted by atomic mass is 35.5. The first-order valence-electron chi connectivity index (χ1n) is 11.0. The summed E-state index contributed by atoms with van der Waals surface area (Å²) in [6, 6.07) is 9.13. The first kappa shape index (κ1) is 23.6. The van der Waals surface area contributed by atoms with E-state index in [4.69, 9.17) is 32.7 Å². The number of aromatic nitrogens is 1. The van der Waals surface area contributed by atoms with Crippen LogP contribution in [0, 0.1) is 0 Å². The quantitative estimate of drug-likeness (QED) is 0.592. The number of carbonyl (C=O) groups excluding carboxylic acids is 2. The summed E-state index contributed by atoms with van der Waals surface area (Å²) in [4.78, 5) is 31.5. The number of hydrogen-bond donors (Lipinski definition) is 1. The number of pyridine rings is 1. The van der Waals surface area contributed by atoms with Gasteiger partial charge in [0.2, 0.25) is 0 Å². The number of amides is 1. The maximum atomic E-state index is 13.1. The normalized spacial score (nSPS) is 22.1. The van der Waals surface area contributed by atoms with E-state index in [1.165, 1.54) is 7.11 Å². The Morgan fingerprint density at radius 1 is 1.12 bits per heavy atom. The van der Waals surface area contributed by atoms with Gasteiger partial charge in [-0.15, -0.1) is 0 Å². The van der Waals surface area contributed by atoms with Gasteiger partial charge in [0, 0.05) is 29.3 Å². The van der Waals surface area contributed by atoms with Crippen molar-refractivity contribution in [1.29, 1.82) is 0 Å². The van der Waals surface area contributed by atoms with Crippen molar-refractivity contribution in [3.8, 4) is 5.75 Å². The number of ether oxygens (including phenoxy) is 2. The number of rotatable bonds is 6. The van der Waals surface area contributed by atoms with Gasteiger partial charge in [-0.05, 0) is 69.9 Å². The lowest BCUT2D eigenvalue weighted by Crippen LogP contribution is -2.55. The van der Waals surface area contributed by atoms with Crippen LogP contribution in [0.4, 0.5) is 5.82 Å². The summed E-state index contributed by atoms with van der Waals surface area (Å²) in [6.07, 6.45) is 5.27. The monoisotopic (exact) mass is 491 g/mol. The van der Waals surface area contributed by atoms with Crippen LogP contribution in [0.25, 0.3) is 0 Å². The lowest BCUT2D eigenvalue weighted by Gasteiger charge is -2.40. The molecule has 7 nitrogen and oxygen atoms in total. The first-order chi connectivity index (χ1) is 15.7. The van der Waals surface area contributed by atoms with Gasteiger partial charge in [0.05, 0.1) is 17.7 Å². The summed E-state index contributed by atoms with van der Waals surface area (Å²) < 4.78 is 10.7. The second-order valence-corrected chi connectivity index (χ2v) is 9.86. The van der Waals surface area contributed by atoms with Crippen LogP contribution in [0.15, 0.2) is 36.5 Å². The van der Waals surface area contributed by atoms with E-state index in [9.17, 15) is 9.59 Å². The number of esters is 1. The van der Waals surface area contributed by atoms with Crippen molar-refractivity contribution in [3.63, 3.8) is 0 Å². The van der Waals surface area contributed by atoms with E-state index in [1.807, 2.05) is 6.07 Å². The molecule has 0 saturated carbocycles. The number of benzene rings is 1. The molecule has 4 rings (SSSR count). The van der Waals surface area contributed by atoms with E-state index < -0.39 is 11.6 Å². The molecule has 2 aromatic rings. The van der Waals surface area contributed by atoms with Crippen LogP contribution in [0.2, 0.25) is 10.0 Å². The van der Waals surface area contributed by atoms with Gasteiger partial charge in [0.1, 0.15) is 11.6 Å². The zero-order chi connectivity index (χ0) is 23.8. The summed E-state index contributed by atoms with van der Waals surface area (Å²) in [6.45, 7) is 3.45. The van der Waals surface area contributed by atoms with Crippen molar-refractivity contribution >= 4 is 40.9 Å².